The molecule has 1 aromatic heterocycles. The molecule has 11 heavy (non-hydrogen) atoms. The van der Waals surface area contributed by atoms with Crippen molar-refractivity contribution < 1.29 is 4.79 Å². The summed E-state index contributed by atoms with van der Waals surface area (Å²) >= 11 is 0. The predicted molar refractivity (Wildman–Crippen MR) is 41.1 cm³/mol. The van der Waals surface area contributed by atoms with Crippen molar-refractivity contribution in [3.8, 4) is 0 Å². The molecule has 0 aliphatic rings. The number of hydrogen-bond acceptors (Lipinski definition) is 3. The van der Waals surface area contributed by atoms with E-state index in [9.17, 15) is 4.79 Å². The summed E-state index contributed by atoms with van der Waals surface area (Å²) in [6, 6.07) is -0.207. The third kappa shape index (κ3) is 1.49. The van der Waals surface area contributed by atoms with Gasteiger partial charge in [0.25, 0.3) is 0 Å². The van der Waals surface area contributed by atoms with Crippen LogP contribution in [0.5, 0.6) is 0 Å². The van der Waals surface area contributed by atoms with Crippen LogP contribution in [0.4, 0.5) is 10.5 Å². The minimum Gasteiger partial charge on any atom is -0.396 e. The van der Waals surface area contributed by atoms with Gasteiger partial charge >= 0.3 is 6.03 Å². The van der Waals surface area contributed by atoms with Crippen LogP contribution in [-0.2, 0) is 0 Å². The molecule has 1 heterocycles. The van der Waals surface area contributed by atoms with Crippen LogP contribution < -0.4 is 5.73 Å². The van der Waals surface area contributed by atoms with Crippen molar-refractivity contribution in [2.24, 2.45) is 0 Å². The summed E-state index contributed by atoms with van der Waals surface area (Å²) in [6.07, 6.45) is 2.91. The summed E-state index contributed by atoms with van der Waals surface area (Å²) in [5, 5.41) is 3.74. The first kappa shape index (κ1) is 7.59. The standard InChI is InChI=1S/C6H10N4O/c1-9(2)6(11)10-4-5(7)3-8-10/h3-4H,7H2,1-2H3. The Morgan fingerprint density at radius 1 is 1.73 bits per heavy atom. The molecule has 1 aromatic rings. The van der Waals surface area contributed by atoms with E-state index in [1.807, 2.05) is 0 Å². The lowest BCUT2D eigenvalue weighted by Gasteiger charge is -2.08. The van der Waals surface area contributed by atoms with Gasteiger partial charge in [0.2, 0.25) is 0 Å². The second-order valence-corrected chi connectivity index (χ2v) is 2.40. The maximum atomic E-state index is 11.1. The first-order valence-electron chi connectivity index (χ1n) is 3.13. The third-order valence-electron chi connectivity index (χ3n) is 1.18. The molecule has 0 saturated heterocycles. The zero-order valence-corrected chi connectivity index (χ0v) is 6.48. The molecule has 0 atom stereocenters. The number of amides is 1. The van der Waals surface area contributed by atoms with E-state index in [1.165, 1.54) is 22.0 Å². The highest BCUT2D eigenvalue weighted by Gasteiger charge is 2.06. The number of carbonyl (C=O) groups excluding carboxylic acids is 1. The topological polar surface area (TPSA) is 64.2 Å². The van der Waals surface area contributed by atoms with E-state index in [0.29, 0.717) is 5.69 Å². The number of rotatable bonds is 0. The molecule has 0 unspecified atom stereocenters. The van der Waals surface area contributed by atoms with Gasteiger partial charge in [-0.1, -0.05) is 0 Å². The number of anilines is 1. The average Bonchev–Trinajstić information content (AvgIpc) is 2.34. The molecule has 0 spiro atoms. The molecule has 60 valence electrons. The summed E-state index contributed by atoms with van der Waals surface area (Å²) in [4.78, 5) is 12.6. The normalized spacial score (nSPS) is 9.64. The van der Waals surface area contributed by atoms with Crippen molar-refractivity contribution >= 4 is 11.7 Å². The fourth-order valence-electron chi connectivity index (χ4n) is 0.646. The lowest BCUT2D eigenvalue weighted by atomic mass is 10.6. The summed E-state index contributed by atoms with van der Waals surface area (Å²) in [5.41, 5.74) is 5.85. The molecule has 1 amide bonds. The fraction of sp³-hybridized carbons (Fsp3) is 0.333. The number of nitrogen functional groups attached to an aromatic ring is 1. The summed E-state index contributed by atoms with van der Waals surface area (Å²) in [6.45, 7) is 0. The molecule has 5 heteroatoms. The molecule has 5 nitrogen and oxygen atoms in total. The van der Waals surface area contributed by atoms with E-state index >= 15 is 0 Å². The molecule has 0 radical (unpaired) electrons. The molecule has 2 N–H and O–H groups in total. The zero-order chi connectivity index (χ0) is 8.43. The highest BCUT2D eigenvalue weighted by molar-refractivity contribution is 5.75. The minimum absolute atomic E-state index is 0.207. The molecule has 0 aromatic carbocycles. The maximum absolute atomic E-state index is 11.1. The van der Waals surface area contributed by atoms with Crippen molar-refractivity contribution in [2.75, 3.05) is 19.8 Å². The molecule has 0 aliphatic carbocycles. The van der Waals surface area contributed by atoms with Gasteiger partial charge in [-0.2, -0.15) is 9.78 Å². The summed E-state index contributed by atoms with van der Waals surface area (Å²) < 4.78 is 1.19. The highest BCUT2D eigenvalue weighted by atomic mass is 16.2. The SMILES string of the molecule is CN(C)C(=O)n1cc(N)cn1. The van der Waals surface area contributed by atoms with Gasteiger partial charge in [0, 0.05) is 14.1 Å². The van der Waals surface area contributed by atoms with Gasteiger partial charge in [-0.25, -0.2) is 4.79 Å². The van der Waals surface area contributed by atoms with Crippen LogP contribution in [0, 0.1) is 0 Å². The van der Waals surface area contributed by atoms with Crippen LogP contribution in [0.1, 0.15) is 0 Å². The van der Waals surface area contributed by atoms with E-state index in [0.717, 1.165) is 0 Å². The lowest BCUT2D eigenvalue weighted by molar-refractivity contribution is 0.216. The minimum atomic E-state index is -0.207. The Hall–Kier alpha value is -1.52. The van der Waals surface area contributed by atoms with E-state index in [-0.39, 0.29) is 6.03 Å². The largest absolute Gasteiger partial charge is 0.396 e. The van der Waals surface area contributed by atoms with Crippen LogP contribution in [0.15, 0.2) is 12.4 Å². The van der Waals surface area contributed by atoms with Gasteiger partial charge < -0.3 is 10.6 Å². The van der Waals surface area contributed by atoms with Gasteiger partial charge in [0.05, 0.1) is 18.1 Å². The van der Waals surface area contributed by atoms with Crippen LogP contribution in [0.2, 0.25) is 0 Å². The smallest absolute Gasteiger partial charge is 0.344 e. The maximum Gasteiger partial charge on any atom is 0.344 e. The van der Waals surface area contributed by atoms with E-state index in [1.54, 1.807) is 14.1 Å². The summed E-state index contributed by atoms with van der Waals surface area (Å²) in [7, 11) is 3.31. The summed E-state index contributed by atoms with van der Waals surface area (Å²) in [5.74, 6) is 0. The molecule has 1 rings (SSSR count). The highest BCUT2D eigenvalue weighted by Crippen LogP contribution is 1.98. The second kappa shape index (κ2) is 2.61. The van der Waals surface area contributed by atoms with Crippen molar-refractivity contribution in [1.29, 1.82) is 0 Å². The second-order valence-electron chi connectivity index (χ2n) is 2.40. The third-order valence-corrected chi connectivity index (χ3v) is 1.18. The van der Waals surface area contributed by atoms with Crippen molar-refractivity contribution in [3.05, 3.63) is 12.4 Å². The Morgan fingerprint density at radius 2 is 2.36 bits per heavy atom. The van der Waals surface area contributed by atoms with Crippen LogP contribution in [-0.4, -0.2) is 34.8 Å². The van der Waals surface area contributed by atoms with Gasteiger partial charge in [-0.05, 0) is 0 Å². The first-order chi connectivity index (χ1) is 5.11. The number of carbonyl (C=O) groups is 1. The molecule has 0 fully saturated rings. The van der Waals surface area contributed by atoms with Crippen molar-refractivity contribution in [2.45, 2.75) is 0 Å². The predicted octanol–water partition coefficient (Wildman–Crippen LogP) is -0.00500. The van der Waals surface area contributed by atoms with Crippen molar-refractivity contribution in [1.82, 2.24) is 14.7 Å². The van der Waals surface area contributed by atoms with E-state index in [2.05, 4.69) is 5.10 Å². The number of hydrogen-bond donors (Lipinski definition) is 1. The Balaban J connectivity index is 2.85. The van der Waals surface area contributed by atoms with E-state index < -0.39 is 0 Å². The van der Waals surface area contributed by atoms with Crippen molar-refractivity contribution in [3.63, 3.8) is 0 Å². The number of nitrogens with zero attached hydrogens (tertiary/aromatic N) is 3. The van der Waals surface area contributed by atoms with Crippen LogP contribution in [0.25, 0.3) is 0 Å². The quantitative estimate of drug-likeness (QED) is 0.571. The van der Waals surface area contributed by atoms with Crippen LogP contribution >= 0.6 is 0 Å². The first-order valence-corrected chi connectivity index (χ1v) is 3.13. The Bertz CT molecular complexity index is 265. The van der Waals surface area contributed by atoms with Gasteiger partial charge in [-0.3, -0.25) is 0 Å². The number of aromatic nitrogens is 2. The average molecular weight is 154 g/mol. The molecule has 0 saturated carbocycles. The monoisotopic (exact) mass is 154 g/mol. The Kier molecular flexibility index (Phi) is 1.80. The fourth-order valence-corrected chi connectivity index (χ4v) is 0.646. The van der Waals surface area contributed by atoms with E-state index in [4.69, 9.17) is 5.73 Å². The van der Waals surface area contributed by atoms with Crippen LogP contribution in [0.3, 0.4) is 0 Å². The lowest BCUT2D eigenvalue weighted by Crippen LogP contribution is -2.27. The number of nitrogens with two attached hydrogens (primary N) is 1. The molecular formula is C6H10N4O. The molecule has 0 bridgehead atoms. The Labute approximate surface area is 64.4 Å². The molecular weight excluding hydrogens is 144 g/mol. The van der Waals surface area contributed by atoms with Gasteiger partial charge in [-0.15, -0.1) is 0 Å². The Morgan fingerprint density at radius 3 is 2.73 bits per heavy atom. The van der Waals surface area contributed by atoms with Gasteiger partial charge in [0.15, 0.2) is 0 Å². The zero-order valence-electron chi connectivity index (χ0n) is 6.48. The molecule has 0 aliphatic heterocycles. The van der Waals surface area contributed by atoms with Gasteiger partial charge in [0.1, 0.15) is 0 Å².